The Morgan fingerprint density at radius 2 is 1.38 bits per heavy atom. The van der Waals surface area contributed by atoms with Crippen molar-refractivity contribution in [3.8, 4) is 0 Å². The quantitative estimate of drug-likeness (QED) is 0.314. The van der Waals surface area contributed by atoms with Gasteiger partial charge in [-0.3, -0.25) is 9.10 Å². The van der Waals surface area contributed by atoms with Gasteiger partial charge in [-0.25, -0.2) is 8.42 Å². The summed E-state index contributed by atoms with van der Waals surface area (Å²) in [7, 11) is -4.00. The van der Waals surface area contributed by atoms with E-state index in [-0.39, 0.29) is 11.4 Å². The van der Waals surface area contributed by atoms with Crippen LogP contribution in [0.15, 0.2) is 102 Å². The van der Waals surface area contributed by atoms with Crippen LogP contribution >= 0.6 is 0 Å². The van der Waals surface area contributed by atoms with Crippen molar-refractivity contribution in [2.75, 3.05) is 10.8 Å². The van der Waals surface area contributed by atoms with Crippen molar-refractivity contribution in [3.05, 3.63) is 130 Å². The number of benzene rings is 4. The summed E-state index contributed by atoms with van der Waals surface area (Å²) in [6, 6.07) is 29.4. The van der Waals surface area contributed by atoms with Crippen LogP contribution in [0.25, 0.3) is 0 Å². The summed E-state index contributed by atoms with van der Waals surface area (Å²) in [5.74, 6) is -0.396. The van der Waals surface area contributed by atoms with E-state index < -0.39 is 22.0 Å². The van der Waals surface area contributed by atoms with Crippen molar-refractivity contribution in [3.63, 3.8) is 0 Å². The van der Waals surface area contributed by atoms with Crippen molar-refractivity contribution in [2.45, 2.75) is 38.6 Å². The molecule has 6 heteroatoms. The van der Waals surface area contributed by atoms with Crippen molar-refractivity contribution >= 4 is 21.6 Å². The second kappa shape index (κ2) is 11.0. The minimum absolute atomic E-state index is 0.143. The molecule has 190 valence electrons. The number of nitrogens with zero attached hydrogens (tertiary/aromatic N) is 1. The van der Waals surface area contributed by atoms with E-state index in [1.807, 2.05) is 94.4 Å². The number of nitrogens with one attached hydrogen (secondary N) is 1. The van der Waals surface area contributed by atoms with E-state index in [0.29, 0.717) is 5.69 Å². The first kappa shape index (κ1) is 26.2. The zero-order valence-electron chi connectivity index (χ0n) is 21.6. The van der Waals surface area contributed by atoms with Crippen molar-refractivity contribution in [1.82, 2.24) is 5.32 Å². The molecule has 0 saturated carbocycles. The number of rotatable bonds is 8. The fraction of sp³-hybridized carbons (Fsp3) is 0.194. The summed E-state index contributed by atoms with van der Waals surface area (Å²) in [6.07, 6.45) is 0. The molecule has 0 aliphatic rings. The topological polar surface area (TPSA) is 66.5 Å². The summed E-state index contributed by atoms with van der Waals surface area (Å²) < 4.78 is 28.9. The maximum atomic E-state index is 13.8. The Balaban J connectivity index is 1.73. The van der Waals surface area contributed by atoms with Crippen LogP contribution in [-0.2, 0) is 14.8 Å². The second-order valence-electron chi connectivity index (χ2n) is 9.38. The van der Waals surface area contributed by atoms with Crippen LogP contribution in [-0.4, -0.2) is 20.9 Å². The molecule has 0 bridgehead atoms. The van der Waals surface area contributed by atoms with Crippen LogP contribution in [0.4, 0.5) is 5.69 Å². The third-order valence-corrected chi connectivity index (χ3v) is 8.23. The summed E-state index contributed by atoms with van der Waals surface area (Å²) in [4.78, 5) is 13.7. The summed E-state index contributed by atoms with van der Waals surface area (Å²) in [6.45, 7) is 7.37. The predicted octanol–water partition coefficient (Wildman–Crippen LogP) is 6.02. The average Bonchev–Trinajstić information content (AvgIpc) is 2.87. The lowest BCUT2D eigenvalue weighted by atomic mass is 9.95. The maximum absolute atomic E-state index is 13.8. The van der Waals surface area contributed by atoms with Gasteiger partial charge in [-0.05, 0) is 68.1 Å². The Hall–Kier alpha value is -3.90. The lowest BCUT2D eigenvalue weighted by Gasteiger charge is -2.28. The highest BCUT2D eigenvalue weighted by molar-refractivity contribution is 7.92. The smallest absolute Gasteiger partial charge is 0.264 e. The van der Waals surface area contributed by atoms with Gasteiger partial charge in [0.25, 0.3) is 10.0 Å². The number of aryl methyl sites for hydroxylation is 4. The molecular weight excluding hydrogens is 480 g/mol. The molecule has 5 nitrogen and oxygen atoms in total. The number of hydrogen-bond acceptors (Lipinski definition) is 3. The van der Waals surface area contributed by atoms with E-state index in [4.69, 9.17) is 0 Å². The van der Waals surface area contributed by atoms with E-state index in [9.17, 15) is 13.2 Å². The van der Waals surface area contributed by atoms with Gasteiger partial charge in [0.05, 0.1) is 16.6 Å². The molecule has 0 fully saturated rings. The van der Waals surface area contributed by atoms with Crippen molar-refractivity contribution in [1.29, 1.82) is 0 Å². The third-order valence-electron chi connectivity index (χ3n) is 6.45. The second-order valence-corrected chi connectivity index (χ2v) is 11.2. The van der Waals surface area contributed by atoms with Crippen LogP contribution in [0.5, 0.6) is 0 Å². The highest BCUT2D eigenvalue weighted by Crippen LogP contribution is 2.29. The largest absolute Gasteiger partial charge is 0.344 e. The highest BCUT2D eigenvalue weighted by Gasteiger charge is 2.29. The molecule has 0 aliphatic carbocycles. The Bertz CT molecular complexity index is 1500. The predicted molar refractivity (Wildman–Crippen MR) is 149 cm³/mol. The Morgan fingerprint density at radius 3 is 2.03 bits per heavy atom. The molecule has 1 amide bonds. The SMILES string of the molecule is Cc1ccc(S(=O)(=O)N(CC(=O)N[C@@H](c2ccccc2)c2ccccc2C)c2ccc(C)cc2C)cc1. The first-order valence-corrected chi connectivity index (χ1v) is 13.7. The number of amides is 1. The molecule has 0 saturated heterocycles. The lowest BCUT2D eigenvalue weighted by molar-refractivity contribution is -0.120. The molecule has 1 N–H and O–H groups in total. The molecule has 37 heavy (non-hydrogen) atoms. The van der Waals surface area contributed by atoms with Crippen LogP contribution in [0.3, 0.4) is 0 Å². The van der Waals surface area contributed by atoms with E-state index in [1.165, 1.54) is 4.31 Å². The third kappa shape index (κ3) is 5.92. The first-order valence-electron chi connectivity index (χ1n) is 12.2. The van der Waals surface area contributed by atoms with Gasteiger partial charge in [0.2, 0.25) is 5.91 Å². The summed E-state index contributed by atoms with van der Waals surface area (Å²) >= 11 is 0. The minimum Gasteiger partial charge on any atom is -0.344 e. The molecule has 0 unspecified atom stereocenters. The van der Waals surface area contributed by atoms with E-state index >= 15 is 0 Å². The van der Waals surface area contributed by atoms with E-state index in [2.05, 4.69) is 5.32 Å². The van der Waals surface area contributed by atoms with Crippen LogP contribution in [0, 0.1) is 27.7 Å². The van der Waals surface area contributed by atoms with Gasteiger partial charge < -0.3 is 5.32 Å². The van der Waals surface area contributed by atoms with Gasteiger partial charge in [-0.15, -0.1) is 0 Å². The fourth-order valence-electron chi connectivity index (χ4n) is 4.46. The summed E-state index contributed by atoms with van der Waals surface area (Å²) in [5, 5.41) is 3.11. The number of sulfonamides is 1. The van der Waals surface area contributed by atoms with Crippen LogP contribution in [0.2, 0.25) is 0 Å². The highest BCUT2D eigenvalue weighted by atomic mass is 32.2. The number of carbonyl (C=O) groups is 1. The van der Waals surface area contributed by atoms with Crippen LogP contribution in [0.1, 0.15) is 39.4 Å². The van der Waals surface area contributed by atoms with E-state index in [0.717, 1.165) is 33.4 Å². The molecule has 4 aromatic carbocycles. The molecule has 1 atom stereocenters. The number of hydrogen-bond donors (Lipinski definition) is 1. The maximum Gasteiger partial charge on any atom is 0.264 e. The van der Waals surface area contributed by atoms with Gasteiger partial charge in [0.1, 0.15) is 6.54 Å². The zero-order valence-corrected chi connectivity index (χ0v) is 22.4. The van der Waals surface area contributed by atoms with E-state index in [1.54, 1.807) is 30.3 Å². The summed E-state index contributed by atoms with van der Waals surface area (Å²) in [5.41, 5.74) is 6.15. The number of anilines is 1. The van der Waals surface area contributed by atoms with Crippen LogP contribution < -0.4 is 9.62 Å². The Kier molecular flexibility index (Phi) is 7.79. The molecule has 0 aliphatic heterocycles. The Labute approximate surface area is 219 Å². The fourth-order valence-corrected chi connectivity index (χ4v) is 5.94. The molecule has 0 aromatic heterocycles. The molecule has 0 radical (unpaired) electrons. The molecule has 0 spiro atoms. The van der Waals surface area contributed by atoms with Gasteiger partial charge in [0, 0.05) is 0 Å². The molecule has 4 rings (SSSR count). The lowest BCUT2D eigenvalue weighted by Crippen LogP contribution is -2.42. The molecular formula is C31H32N2O3S. The average molecular weight is 513 g/mol. The number of carbonyl (C=O) groups excluding carboxylic acids is 1. The van der Waals surface area contributed by atoms with Gasteiger partial charge in [-0.1, -0.05) is 90.0 Å². The monoisotopic (exact) mass is 512 g/mol. The molecule has 4 aromatic rings. The Morgan fingerprint density at radius 1 is 0.757 bits per heavy atom. The van der Waals surface area contributed by atoms with Gasteiger partial charge in [0.15, 0.2) is 0 Å². The first-order chi connectivity index (χ1) is 17.7. The normalized spacial score (nSPS) is 12.1. The minimum atomic E-state index is -4.00. The molecule has 0 heterocycles. The van der Waals surface area contributed by atoms with Crippen molar-refractivity contribution in [2.24, 2.45) is 0 Å². The standard InChI is InChI=1S/C31H32N2O3S/c1-22-14-17-27(18-15-22)37(35,36)33(29-19-16-23(2)20-25(29)4)21-30(34)32-31(26-11-6-5-7-12-26)28-13-9-8-10-24(28)3/h5-20,31H,21H2,1-4H3,(H,32,34)/t31-/m0/s1. The zero-order chi connectivity index (χ0) is 26.6. The van der Waals surface area contributed by atoms with Gasteiger partial charge >= 0.3 is 0 Å². The van der Waals surface area contributed by atoms with Gasteiger partial charge in [-0.2, -0.15) is 0 Å². The van der Waals surface area contributed by atoms with Crippen molar-refractivity contribution < 1.29 is 13.2 Å².